The number of carbonyl (C=O) groups excluding carboxylic acids is 1. The molecule has 3 aliphatic heterocycles. The Labute approximate surface area is 228 Å². The summed E-state index contributed by atoms with van der Waals surface area (Å²) in [5.41, 5.74) is -0.958. The van der Waals surface area contributed by atoms with Crippen molar-refractivity contribution >= 4 is 5.97 Å². The molecule has 11 rings (SSSR count). The van der Waals surface area contributed by atoms with E-state index in [4.69, 9.17) is 28.4 Å². The number of rotatable bonds is 2. The molecule has 8 saturated carbocycles. The predicted molar refractivity (Wildman–Crippen MR) is 133 cm³/mol. The fourth-order valence-electron chi connectivity index (χ4n) is 11.2. The van der Waals surface area contributed by atoms with E-state index >= 15 is 0 Å². The minimum atomic E-state index is -1.32. The maximum Gasteiger partial charge on any atom is 0.333 e. The first kappa shape index (κ1) is 24.5. The van der Waals surface area contributed by atoms with Crippen LogP contribution in [0.5, 0.6) is 0 Å². The van der Waals surface area contributed by atoms with E-state index in [-0.39, 0.29) is 36.9 Å². The molecule has 4 unspecified atom stereocenters. The van der Waals surface area contributed by atoms with Gasteiger partial charge in [0.15, 0.2) is 17.7 Å². The number of esters is 1. The molecule has 8 bridgehead atoms. The number of hydrogen-bond donors (Lipinski definition) is 2. The van der Waals surface area contributed by atoms with Crippen LogP contribution in [0, 0.1) is 35.5 Å². The van der Waals surface area contributed by atoms with E-state index in [1.807, 2.05) is 0 Å². The Morgan fingerprint density at radius 2 is 1.38 bits per heavy atom. The third kappa shape index (κ3) is 3.13. The second-order valence-electron chi connectivity index (χ2n) is 14.9. The van der Waals surface area contributed by atoms with Gasteiger partial charge in [-0.15, -0.1) is 0 Å². The Kier molecular flexibility index (Phi) is 4.69. The van der Waals surface area contributed by atoms with Gasteiger partial charge in [-0.25, -0.2) is 4.79 Å². The maximum absolute atomic E-state index is 13.0. The Bertz CT molecular complexity index is 1060. The molecule has 3 heterocycles. The second-order valence-corrected chi connectivity index (χ2v) is 14.9. The highest BCUT2D eigenvalue weighted by atomic mass is 16.9. The fourth-order valence-corrected chi connectivity index (χ4v) is 11.2. The molecule has 11 aliphatic rings. The highest BCUT2D eigenvalue weighted by Crippen LogP contribution is 2.67. The van der Waals surface area contributed by atoms with Crippen LogP contribution in [0.15, 0.2) is 12.2 Å². The van der Waals surface area contributed by atoms with Crippen molar-refractivity contribution in [1.82, 2.24) is 0 Å². The maximum atomic E-state index is 13.0. The topological polar surface area (TPSA) is 113 Å². The van der Waals surface area contributed by atoms with Crippen LogP contribution in [0.4, 0.5) is 0 Å². The lowest BCUT2D eigenvalue weighted by Crippen LogP contribution is -2.67. The standard InChI is InChI=1S/C30H40O9/c1-15(2)25(31)36-24-23-22(37-30(38-23)20-5-17-6-21(30)12-27(33,8-17)11-20)13-34-28(24)14-35-29(39-28)18-3-16-4-19(29)10-26(32,7-16)9-18/h16-24,32-33H,1,3-14H2,2H3/t16?,17?,18?,19?,20?,21?,22-,23-,24+,26?,27?,28+,29?,30?/m1/s1. The average Bonchev–Trinajstić information content (AvgIpc) is 3.43. The first-order valence-electron chi connectivity index (χ1n) is 15.2. The summed E-state index contributed by atoms with van der Waals surface area (Å²) in [4.78, 5) is 13.0. The largest absolute Gasteiger partial charge is 0.450 e. The van der Waals surface area contributed by atoms with E-state index in [1.54, 1.807) is 6.92 Å². The molecule has 8 aliphatic carbocycles. The lowest BCUT2D eigenvalue weighted by molar-refractivity contribution is -0.378. The zero-order valence-corrected chi connectivity index (χ0v) is 22.6. The summed E-state index contributed by atoms with van der Waals surface area (Å²) >= 11 is 0. The number of carbonyl (C=O) groups is 1. The summed E-state index contributed by atoms with van der Waals surface area (Å²) < 4.78 is 40.0. The third-order valence-corrected chi connectivity index (χ3v) is 12.3. The molecule has 9 nitrogen and oxygen atoms in total. The molecule has 0 aromatic heterocycles. The molecule has 3 spiro atoms. The highest BCUT2D eigenvalue weighted by Gasteiger charge is 2.75. The number of ether oxygens (including phenoxy) is 6. The second kappa shape index (κ2) is 7.46. The number of fused-ring (bicyclic) bond motifs is 1. The molecule has 39 heavy (non-hydrogen) atoms. The summed E-state index contributed by atoms with van der Waals surface area (Å²) in [6.45, 7) is 5.82. The van der Waals surface area contributed by atoms with Crippen molar-refractivity contribution in [3.63, 3.8) is 0 Å². The monoisotopic (exact) mass is 544 g/mol. The van der Waals surface area contributed by atoms with Gasteiger partial charge in [0, 0.05) is 29.2 Å². The molecule has 214 valence electrons. The molecule has 0 aromatic rings. The molecule has 8 atom stereocenters. The average molecular weight is 545 g/mol. The minimum Gasteiger partial charge on any atom is -0.450 e. The van der Waals surface area contributed by atoms with E-state index in [0.29, 0.717) is 43.1 Å². The Hall–Kier alpha value is -1.07. The van der Waals surface area contributed by atoms with E-state index < -0.39 is 52.8 Å². The smallest absolute Gasteiger partial charge is 0.333 e. The van der Waals surface area contributed by atoms with Gasteiger partial charge in [0.25, 0.3) is 0 Å². The summed E-state index contributed by atoms with van der Waals surface area (Å²) in [7, 11) is 0. The molecular weight excluding hydrogens is 504 g/mol. The van der Waals surface area contributed by atoms with Crippen molar-refractivity contribution in [2.24, 2.45) is 35.5 Å². The van der Waals surface area contributed by atoms with E-state index in [2.05, 4.69) is 6.58 Å². The van der Waals surface area contributed by atoms with Crippen LogP contribution >= 0.6 is 0 Å². The lowest BCUT2D eigenvalue weighted by Gasteiger charge is -2.61. The summed E-state index contributed by atoms with van der Waals surface area (Å²) in [6.07, 6.45) is 6.44. The van der Waals surface area contributed by atoms with Crippen LogP contribution in [0.25, 0.3) is 0 Å². The van der Waals surface area contributed by atoms with Gasteiger partial charge in [-0.2, -0.15) is 0 Å². The van der Waals surface area contributed by atoms with Gasteiger partial charge in [-0.1, -0.05) is 6.58 Å². The van der Waals surface area contributed by atoms with Crippen molar-refractivity contribution in [3.8, 4) is 0 Å². The molecular formula is C30H40O9. The van der Waals surface area contributed by atoms with Gasteiger partial charge in [0.1, 0.15) is 18.8 Å². The van der Waals surface area contributed by atoms with Crippen LogP contribution in [0.1, 0.15) is 71.1 Å². The van der Waals surface area contributed by atoms with Crippen LogP contribution in [0.2, 0.25) is 0 Å². The van der Waals surface area contributed by atoms with Crippen molar-refractivity contribution < 1.29 is 43.4 Å². The van der Waals surface area contributed by atoms with E-state index in [1.165, 1.54) is 0 Å². The van der Waals surface area contributed by atoms with Gasteiger partial charge in [-0.05, 0) is 83.0 Å². The van der Waals surface area contributed by atoms with Crippen LogP contribution in [0.3, 0.4) is 0 Å². The molecule has 0 aromatic carbocycles. The van der Waals surface area contributed by atoms with Crippen molar-refractivity contribution in [2.75, 3.05) is 13.2 Å². The quantitative estimate of drug-likeness (QED) is 0.400. The molecule has 9 heteroatoms. The minimum absolute atomic E-state index is 0.0733. The number of hydrogen-bond acceptors (Lipinski definition) is 9. The van der Waals surface area contributed by atoms with Crippen LogP contribution in [-0.4, -0.2) is 76.3 Å². The Morgan fingerprint density at radius 3 is 1.92 bits per heavy atom. The first-order chi connectivity index (χ1) is 18.5. The van der Waals surface area contributed by atoms with Gasteiger partial charge in [-0.3, -0.25) is 0 Å². The van der Waals surface area contributed by atoms with E-state index in [0.717, 1.165) is 38.5 Å². The van der Waals surface area contributed by atoms with Crippen LogP contribution in [-0.2, 0) is 33.2 Å². The normalized spacial score (nSPS) is 61.5. The van der Waals surface area contributed by atoms with Gasteiger partial charge in [0.2, 0.25) is 5.79 Å². The van der Waals surface area contributed by atoms with Gasteiger partial charge >= 0.3 is 5.97 Å². The number of aliphatic hydroxyl groups is 2. The summed E-state index contributed by atoms with van der Waals surface area (Å²) in [6, 6.07) is 0. The molecule has 0 radical (unpaired) electrons. The Balaban J connectivity index is 1.06. The zero-order chi connectivity index (χ0) is 26.6. The van der Waals surface area contributed by atoms with Crippen LogP contribution < -0.4 is 0 Å². The predicted octanol–water partition coefficient (Wildman–Crippen LogP) is 2.57. The summed E-state index contributed by atoms with van der Waals surface area (Å²) in [5, 5.41) is 22.4. The fraction of sp³-hybridized carbons (Fsp3) is 0.900. The van der Waals surface area contributed by atoms with E-state index in [9.17, 15) is 15.0 Å². The molecule has 2 N–H and O–H groups in total. The Morgan fingerprint density at radius 1 is 0.821 bits per heavy atom. The SMILES string of the molecule is C=C(C)C(=O)O[C@H]1[C@@H]2OC3(O[C@@H]2CO[C@]12COC1(O2)C2CC4CC1CC(O)(C4)C2)C1CC2CC3CC(O)(C2)C1. The first-order valence-corrected chi connectivity index (χ1v) is 15.2. The van der Waals surface area contributed by atoms with Crippen molar-refractivity contribution in [3.05, 3.63) is 12.2 Å². The molecule has 11 fully saturated rings. The van der Waals surface area contributed by atoms with Crippen molar-refractivity contribution in [1.29, 1.82) is 0 Å². The molecule has 3 saturated heterocycles. The lowest BCUT2D eigenvalue weighted by atomic mass is 9.51. The molecule has 0 amide bonds. The third-order valence-electron chi connectivity index (χ3n) is 12.3. The van der Waals surface area contributed by atoms with Crippen molar-refractivity contribution in [2.45, 2.75) is 118 Å². The van der Waals surface area contributed by atoms with Gasteiger partial charge in [0.05, 0.1) is 17.8 Å². The zero-order valence-electron chi connectivity index (χ0n) is 22.6. The highest BCUT2D eigenvalue weighted by molar-refractivity contribution is 5.87. The van der Waals surface area contributed by atoms with Gasteiger partial charge < -0.3 is 38.6 Å². The summed E-state index contributed by atoms with van der Waals surface area (Å²) in [5.74, 6) is -2.14.